The summed E-state index contributed by atoms with van der Waals surface area (Å²) in [6.07, 6.45) is 0.0702. The van der Waals surface area contributed by atoms with Crippen LogP contribution in [0.15, 0.2) is 0 Å². The van der Waals surface area contributed by atoms with Gasteiger partial charge in [0.15, 0.2) is 0 Å². The van der Waals surface area contributed by atoms with Crippen LogP contribution in [0.5, 0.6) is 0 Å². The lowest BCUT2D eigenvalue weighted by Gasteiger charge is -2.61. The highest BCUT2D eigenvalue weighted by Crippen LogP contribution is 2.72. The second-order valence-electron chi connectivity index (χ2n) is 5.34. The van der Waals surface area contributed by atoms with Crippen molar-refractivity contribution in [2.75, 3.05) is 0 Å². The van der Waals surface area contributed by atoms with Crippen LogP contribution in [0.3, 0.4) is 0 Å². The van der Waals surface area contributed by atoms with E-state index in [1.807, 2.05) is 0 Å². The number of aliphatic hydroxyl groups is 1. The third-order valence-electron chi connectivity index (χ3n) is 4.16. The molecule has 2 nitrogen and oxygen atoms in total. The molecule has 1 spiro atoms. The van der Waals surface area contributed by atoms with Crippen LogP contribution >= 0.6 is 0 Å². The molecule has 12 heavy (non-hydrogen) atoms. The Morgan fingerprint density at radius 1 is 1.08 bits per heavy atom. The lowest BCUT2D eigenvalue weighted by Crippen LogP contribution is -2.71. The maximum Gasteiger partial charge on any atom is 0.110 e. The van der Waals surface area contributed by atoms with E-state index >= 15 is 0 Å². The van der Waals surface area contributed by atoms with Gasteiger partial charge < -0.3 is 9.84 Å². The molecule has 2 fully saturated rings. The van der Waals surface area contributed by atoms with E-state index in [1.54, 1.807) is 0 Å². The molecule has 2 aliphatic rings. The van der Waals surface area contributed by atoms with Gasteiger partial charge in [0.05, 0.1) is 12.2 Å². The van der Waals surface area contributed by atoms with Gasteiger partial charge in [-0.25, -0.2) is 0 Å². The van der Waals surface area contributed by atoms with E-state index in [4.69, 9.17) is 4.74 Å². The Morgan fingerprint density at radius 3 is 1.58 bits per heavy atom. The van der Waals surface area contributed by atoms with Crippen LogP contribution in [-0.2, 0) is 4.74 Å². The van der Waals surface area contributed by atoms with Crippen LogP contribution in [0.4, 0.5) is 0 Å². The third kappa shape index (κ3) is 0.521. The summed E-state index contributed by atoms with van der Waals surface area (Å²) in [4.78, 5) is 0. The Morgan fingerprint density at radius 2 is 1.42 bits per heavy atom. The first-order valence-electron chi connectivity index (χ1n) is 4.64. The van der Waals surface area contributed by atoms with Crippen molar-refractivity contribution in [2.45, 2.75) is 52.4 Å². The van der Waals surface area contributed by atoms with E-state index in [0.717, 1.165) is 0 Å². The largest absolute Gasteiger partial charge is 0.392 e. The summed E-state index contributed by atoms with van der Waals surface area (Å²) in [5, 5.41) is 9.92. The van der Waals surface area contributed by atoms with Crippen molar-refractivity contribution >= 4 is 0 Å². The fourth-order valence-corrected chi connectivity index (χ4v) is 3.66. The smallest absolute Gasteiger partial charge is 0.110 e. The molecule has 1 atom stereocenters. The van der Waals surface area contributed by atoms with Crippen molar-refractivity contribution in [3.05, 3.63) is 0 Å². The van der Waals surface area contributed by atoms with Gasteiger partial charge in [-0.05, 0) is 6.92 Å². The van der Waals surface area contributed by atoms with E-state index in [-0.39, 0.29) is 22.5 Å². The second kappa shape index (κ2) is 1.73. The van der Waals surface area contributed by atoms with E-state index < -0.39 is 0 Å². The standard InChI is InChI=1S/C10H18O2/c1-6-10(12-6)8(2,3)7(11)9(10,4)5/h6-7,11H,1-5H3. The van der Waals surface area contributed by atoms with Crippen molar-refractivity contribution in [2.24, 2.45) is 10.8 Å². The molecule has 1 saturated carbocycles. The Balaban J connectivity index is 2.36. The Bertz CT molecular complexity index is 214. The van der Waals surface area contributed by atoms with Crippen molar-refractivity contribution < 1.29 is 9.84 Å². The van der Waals surface area contributed by atoms with Crippen LogP contribution in [-0.4, -0.2) is 22.9 Å². The lowest BCUT2D eigenvalue weighted by molar-refractivity contribution is -0.223. The number of hydrogen-bond acceptors (Lipinski definition) is 2. The first kappa shape index (κ1) is 8.52. The number of ether oxygens (including phenoxy) is 1. The van der Waals surface area contributed by atoms with Gasteiger partial charge >= 0.3 is 0 Å². The summed E-state index contributed by atoms with van der Waals surface area (Å²) in [6.45, 7) is 10.5. The van der Waals surface area contributed by atoms with Crippen molar-refractivity contribution in [1.82, 2.24) is 0 Å². The summed E-state index contributed by atoms with van der Waals surface area (Å²) in [5.74, 6) is 0. The van der Waals surface area contributed by atoms with Gasteiger partial charge in [0.2, 0.25) is 0 Å². The third-order valence-corrected chi connectivity index (χ3v) is 4.16. The minimum absolute atomic E-state index is 0.0561. The molecule has 1 unspecified atom stereocenters. The fourth-order valence-electron chi connectivity index (χ4n) is 3.66. The van der Waals surface area contributed by atoms with Gasteiger partial charge in [0.1, 0.15) is 5.60 Å². The van der Waals surface area contributed by atoms with Gasteiger partial charge in [-0.1, -0.05) is 27.7 Å². The van der Waals surface area contributed by atoms with Crippen molar-refractivity contribution in [3.63, 3.8) is 0 Å². The molecule has 0 aromatic heterocycles. The Kier molecular flexibility index (Phi) is 1.23. The van der Waals surface area contributed by atoms with Crippen LogP contribution in [0.2, 0.25) is 0 Å². The molecule has 1 aliphatic heterocycles. The molecule has 0 radical (unpaired) electrons. The SMILES string of the molecule is CC1OC12C(C)(C)C(O)C2(C)C. The number of hydrogen-bond donors (Lipinski definition) is 1. The molecule has 0 aromatic rings. The molecule has 1 saturated heterocycles. The van der Waals surface area contributed by atoms with E-state index in [9.17, 15) is 5.11 Å². The first-order valence-corrected chi connectivity index (χ1v) is 4.64. The van der Waals surface area contributed by atoms with Crippen LogP contribution in [0.25, 0.3) is 0 Å². The molecule has 1 N–H and O–H groups in total. The highest BCUT2D eigenvalue weighted by Gasteiger charge is 2.83. The number of rotatable bonds is 0. The Labute approximate surface area is 73.9 Å². The molecule has 0 aromatic carbocycles. The molecular formula is C10H18O2. The summed E-state index contributed by atoms with van der Waals surface area (Å²) in [6, 6.07) is 0. The zero-order valence-electron chi connectivity index (χ0n) is 8.51. The zero-order chi connectivity index (χ0) is 9.36. The molecule has 2 rings (SSSR count). The molecule has 0 amide bonds. The topological polar surface area (TPSA) is 32.8 Å². The Hall–Kier alpha value is -0.0800. The van der Waals surface area contributed by atoms with Gasteiger partial charge in [0.25, 0.3) is 0 Å². The fraction of sp³-hybridized carbons (Fsp3) is 1.00. The average molecular weight is 170 g/mol. The molecule has 1 heterocycles. The van der Waals surface area contributed by atoms with Crippen molar-refractivity contribution in [1.29, 1.82) is 0 Å². The van der Waals surface area contributed by atoms with Crippen LogP contribution in [0.1, 0.15) is 34.6 Å². The van der Waals surface area contributed by atoms with Gasteiger partial charge in [-0.2, -0.15) is 0 Å². The molecule has 1 aliphatic carbocycles. The van der Waals surface area contributed by atoms with Gasteiger partial charge in [0, 0.05) is 10.8 Å². The molecule has 2 heteroatoms. The van der Waals surface area contributed by atoms with E-state index in [2.05, 4.69) is 34.6 Å². The highest BCUT2D eigenvalue weighted by molar-refractivity contribution is 5.30. The molecule has 70 valence electrons. The predicted octanol–water partition coefficient (Wildman–Crippen LogP) is 1.57. The number of epoxide rings is 1. The second-order valence-corrected chi connectivity index (χ2v) is 5.34. The zero-order valence-corrected chi connectivity index (χ0v) is 8.51. The van der Waals surface area contributed by atoms with Crippen LogP contribution in [0, 0.1) is 10.8 Å². The lowest BCUT2D eigenvalue weighted by atomic mass is 9.44. The normalized spacial score (nSPS) is 41.0. The van der Waals surface area contributed by atoms with Gasteiger partial charge in [-0.3, -0.25) is 0 Å². The predicted molar refractivity (Wildman–Crippen MR) is 46.8 cm³/mol. The van der Waals surface area contributed by atoms with E-state index in [1.165, 1.54) is 0 Å². The minimum atomic E-state index is -0.241. The summed E-state index contributed by atoms with van der Waals surface area (Å²) in [5.41, 5.74) is -0.203. The minimum Gasteiger partial charge on any atom is -0.392 e. The first-order chi connectivity index (χ1) is 5.28. The molecular weight excluding hydrogens is 152 g/mol. The number of aliphatic hydroxyl groups excluding tert-OH is 1. The monoisotopic (exact) mass is 170 g/mol. The van der Waals surface area contributed by atoms with Crippen LogP contribution < -0.4 is 0 Å². The van der Waals surface area contributed by atoms with Gasteiger partial charge in [-0.15, -0.1) is 0 Å². The van der Waals surface area contributed by atoms with Crippen molar-refractivity contribution in [3.8, 4) is 0 Å². The summed E-state index contributed by atoms with van der Waals surface area (Å²) >= 11 is 0. The average Bonchev–Trinajstić information content (AvgIpc) is 2.62. The maximum absolute atomic E-state index is 9.92. The highest BCUT2D eigenvalue weighted by atomic mass is 16.6. The quantitative estimate of drug-likeness (QED) is 0.560. The molecule has 0 bridgehead atoms. The summed E-state index contributed by atoms with van der Waals surface area (Å²) < 4.78 is 5.68. The summed E-state index contributed by atoms with van der Waals surface area (Å²) in [7, 11) is 0. The van der Waals surface area contributed by atoms with E-state index in [0.29, 0.717) is 6.10 Å². The maximum atomic E-state index is 9.92.